The molecule has 2 aliphatic rings. The van der Waals surface area contributed by atoms with Crippen LogP contribution < -0.4 is 9.47 Å². The molecule has 2 aliphatic heterocycles. The van der Waals surface area contributed by atoms with E-state index in [0.717, 1.165) is 29.5 Å². The molecule has 2 saturated heterocycles. The summed E-state index contributed by atoms with van der Waals surface area (Å²) in [6.07, 6.45) is 5.17. The van der Waals surface area contributed by atoms with Gasteiger partial charge in [0.25, 0.3) is 11.1 Å². The minimum absolute atomic E-state index is 0.193. The molecule has 3 amide bonds. The highest BCUT2D eigenvalue weighted by molar-refractivity contribution is 9.10. The lowest BCUT2D eigenvalue weighted by molar-refractivity contribution is -0.135. The van der Waals surface area contributed by atoms with Gasteiger partial charge in [-0.3, -0.25) is 19.3 Å². The molecule has 160 valence electrons. The van der Waals surface area contributed by atoms with Crippen LogP contribution >= 0.6 is 27.7 Å². The van der Waals surface area contributed by atoms with Gasteiger partial charge in [0.05, 0.1) is 16.0 Å². The lowest BCUT2D eigenvalue weighted by atomic mass is 10.2. The van der Waals surface area contributed by atoms with Gasteiger partial charge < -0.3 is 14.4 Å². The fraction of sp³-hybridized carbons (Fsp3) is 0.381. The molecule has 1 aromatic carbocycles. The fourth-order valence-corrected chi connectivity index (χ4v) is 4.62. The average Bonchev–Trinajstić information content (AvgIpc) is 3.33. The number of carbonyl (C=O) groups is 3. The predicted octanol–water partition coefficient (Wildman–Crippen LogP) is 4.07. The Labute approximate surface area is 188 Å². The van der Waals surface area contributed by atoms with Gasteiger partial charge in [-0.05, 0) is 71.2 Å². The Kier molecular flexibility index (Phi) is 7.60. The van der Waals surface area contributed by atoms with E-state index in [2.05, 4.69) is 22.5 Å². The molecule has 3 rings (SSSR count). The van der Waals surface area contributed by atoms with Gasteiger partial charge in [-0.15, -0.1) is 0 Å². The number of thioether (sulfide) groups is 1. The molecule has 9 heteroatoms. The molecule has 2 fully saturated rings. The van der Waals surface area contributed by atoms with Crippen molar-refractivity contribution in [2.75, 3.05) is 32.8 Å². The first-order valence-corrected chi connectivity index (χ1v) is 11.3. The Hall–Kier alpha value is -2.26. The minimum atomic E-state index is -0.460. The molecule has 0 N–H and O–H groups in total. The summed E-state index contributed by atoms with van der Waals surface area (Å²) in [7, 11) is 0. The largest absolute Gasteiger partial charge is 0.490 e. The molecule has 0 bridgehead atoms. The van der Waals surface area contributed by atoms with Gasteiger partial charge in [0.2, 0.25) is 5.91 Å². The van der Waals surface area contributed by atoms with Crippen molar-refractivity contribution >= 4 is 50.8 Å². The molecular formula is C21H23BrN2O5S. The van der Waals surface area contributed by atoms with Gasteiger partial charge in [0.15, 0.2) is 11.5 Å². The summed E-state index contributed by atoms with van der Waals surface area (Å²) >= 11 is 4.30. The molecule has 0 atom stereocenters. The van der Waals surface area contributed by atoms with E-state index in [-0.39, 0.29) is 17.4 Å². The minimum Gasteiger partial charge on any atom is -0.490 e. The van der Waals surface area contributed by atoms with Crippen LogP contribution in [0.2, 0.25) is 0 Å². The number of hydrogen-bond donors (Lipinski definition) is 0. The molecule has 0 aliphatic carbocycles. The molecule has 0 saturated carbocycles. The molecular weight excluding hydrogens is 472 g/mol. The summed E-state index contributed by atoms with van der Waals surface area (Å²) in [6, 6.07) is 3.53. The smallest absolute Gasteiger partial charge is 0.294 e. The molecule has 7 nitrogen and oxygen atoms in total. The number of rotatable bonds is 8. The van der Waals surface area contributed by atoms with Crippen molar-refractivity contribution in [3.8, 4) is 11.5 Å². The summed E-state index contributed by atoms with van der Waals surface area (Å²) < 4.78 is 12.0. The summed E-state index contributed by atoms with van der Waals surface area (Å²) in [5.74, 6) is 0.404. The maximum atomic E-state index is 12.7. The zero-order valence-corrected chi connectivity index (χ0v) is 19.1. The van der Waals surface area contributed by atoms with Crippen LogP contribution in [0.4, 0.5) is 4.79 Å². The first kappa shape index (κ1) is 22.4. The van der Waals surface area contributed by atoms with E-state index in [0.29, 0.717) is 47.8 Å². The van der Waals surface area contributed by atoms with Gasteiger partial charge >= 0.3 is 0 Å². The van der Waals surface area contributed by atoms with Crippen LogP contribution in [-0.2, 0) is 9.59 Å². The number of ether oxygens (including phenoxy) is 2. The highest BCUT2D eigenvalue weighted by atomic mass is 79.9. The SMILES string of the molecule is C=CCOc1c(Br)cc(/C=C2/SC(=O)N(CC(=O)N3CCCC3)C2=O)cc1OCC. The van der Waals surface area contributed by atoms with E-state index in [1.807, 2.05) is 6.92 Å². The van der Waals surface area contributed by atoms with Crippen molar-refractivity contribution in [2.24, 2.45) is 0 Å². The zero-order chi connectivity index (χ0) is 21.7. The van der Waals surface area contributed by atoms with Crippen LogP contribution in [-0.4, -0.2) is 59.7 Å². The quantitative estimate of drug-likeness (QED) is 0.400. The lowest BCUT2D eigenvalue weighted by Crippen LogP contribution is -2.40. The van der Waals surface area contributed by atoms with Crippen molar-refractivity contribution in [2.45, 2.75) is 19.8 Å². The van der Waals surface area contributed by atoms with Crippen LogP contribution in [0.25, 0.3) is 6.08 Å². The van der Waals surface area contributed by atoms with E-state index in [1.54, 1.807) is 29.2 Å². The number of benzene rings is 1. The average molecular weight is 495 g/mol. The number of imide groups is 1. The molecule has 0 radical (unpaired) electrons. The van der Waals surface area contributed by atoms with Gasteiger partial charge in [0, 0.05) is 13.1 Å². The van der Waals surface area contributed by atoms with Gasteiger partial charge in [-0.1, -0.05) is 12.7 Å². The fourth-order valence-electron chi connectivity index (χ4n) is 3.21. The van der Waals surface area contributed by atoms with Crippen molar-refractivity contribution in [1.29, 1.82) is 0 Å². The first-order chi connectivity index (χ1) is 14.4. The number of hydrogen-bond acceptors (Lipinski definition) is 6. The Morgan fingerprint density at radius 3 is 2.67 bits per heavy atom. The first-order valence-electron chi connectivity index (χ1n) is 9.67. The maximum Gasteiger partial charge on any atom is 0.294 e. The molecule has 1 aromatic rings. The molecule has 0 spiro atoms. The van der Waals surface area contributed by atoms with Gasteiger partial charge in [0.1, 0.15) is 13.2 Å². The normalized spacial score (nSPS) is 17.7. The Morgan fingerprint density at radius 2 is 2.00 bits per heavy atom. The van der Waals surface area contributed by atoms with Crippen LogP contribution in [0.3, 0.4) is 0 Å². The second-order valence-electron chi connectivity index (χ2n) is 6.72. The van der Waals surface area contributed by atoms with Gasteiger partial charge in [-0.25, -0.2) is 0 Å². The van der Waals surface area contributed by atoms with E-state index in [1.165, 1.54) is 0 Å². The number of likely N-dealkylation sites (tertiary alicyclic amines) is 1. The Balaban J connectivity index is 1.80. The van der Waals surface area contributed by atoms with Crippen molar-refractivity contribution < 1.29 is 23.9 Å². The van der Waals surface area contributed by atoms with E-state index < -0.39 is 11.1 Å². The highest BCUT2D eigenvalue weighted by Gasteiger charge is 2.37. The van der Waals surface area contributed by atoms with Crippen LogP contribution in [0.15, 0.2) is 34.2 Å². The van der Waals surface area contributed by atoms with Crippen LogP contribution in [0.1, 0.15) is 25.3 Å². The molecule has 0 aromatic heterocycles. The number of carbonyl (C=O) groups excluding carboxylic acids is 3. The third-order valence-corrected chi connectivity index (χ3v) is 6.10. The van der Waals surface area contributed by atoms with Gasteiger partial charge in [-0.2, -0.15) is 0 Å². The monoisotopic (exact) mass is 494 g/mol. The topological polar surface area (TPSA) is 76.2 Å². The second-order valence-corrected chi connectivity index (χ2v) is 8.57. The second kappa shape index (κ2) is 10.2. The lowest BCUT2D eigenvalue weighted by Gasteiger charge is -2.18. The Morgan fingerprint density at radius 1 is 1.27 bits per heavy atom. The van der Waals surface area contributed by atoms with Crippen LogP contribution in [0.5, 0.6) is 11.5 Å². The van der Waals surface area contributed by atoms with Crippen molar-refractivity contribution in [3.05, 3.63) is 39.7 Å². The van der Waals surface area contributed by atoms with E-state index in [4.69, 9.17) is 9.47 Å². The van der Waals surface area contributed by atoms with Crippen molar-refractivity contribution in [1.82, 2.24) is 9.80 Å². The highest BCUT2D eigenvalue weighted by Crippen LogP contribution is 2.39. The van der Waals surface area contributed by atoms with Crippen LogP contribution in [0, 0.1) is 0 Å². The summed E-state index contributed by atoms with van der Waals surface area (Å²) in [5.41, 5.74) is 0.674. The summed E-state index contributed by atoms with van der Waals surface area (Å²) in [6.45, 7) is 7.41. The Bertz CT molecular complexity index is 896. The molecule has 0 unspecified atom stereocenters. The predicted molar refractivity (Wildman–Crippen MR) is 119 cm³/mol. The maximum absolute atomic E-state index is 12.7. The summed E-state index contributed by atoms with van der Waals surface area (Å²) in [4.78, 5) is 40.4. The van der Waals surface area contributed by atoms with Crippen molar-refractivity contribution in [3.63, 3.8) is 0 Å². The standard InChI is InChI=1S/C21H23BrN2O5S/c1-3-9-29-19-15(22)10-14(11-16(19)28-4-2)12-17-20(26)24(21(27)30-17)13-18(25)23-7-5-6-8-23/h3,10-12H,1,4-9,13H2,2H3/b17-12+. The number of amides is 3. The number of halogens is 1. The number of nitrogens with zero attached hydrogens (tertiary/aromatic N) is 2. The van der Waals surface area contributed by atoms with E-state index >= 15 is 0 Å². The van der Waals surface area contributed by atoms with E-state index in [9.17, 15) is 14.4 Å². The third kappa shape index (κ3) is 5.07. The molecule has 2 heterocycles. The summed E-state index contributed by atoms with van der Waals surface area (Å²) in [5, 5.41) is -0.436. The molecule has 30 heavy (non-hydrogen) atoms. The third-order valence-electron chi connectivity index (χ3n) is 4.60. The zero-order valence-electron chi connectivity index (χ0n) is 16.7.